The summed E-state index contributed by atoms with van der Waals surface area (Å²) in [6, 6.07) is 10.6. The van der Waals surface area contributed by atoms with E-state index in [1.807, 2.05) is 12.3 Å². The molecule has 0 aliphatic heterocycles. The number of hydrogen-bond acceptors (Lipinski definition) is 1. The van der Waals surface area contributed by atoms with E-state index in [2.05, 4.69) is 70.6 Å². The van der Waals surface area contributed by atoms with Gasteiger partial charge in [-0.3, -0.25) is 4.98 Å². The van der Waals surface area contributed by atoms with E-state index >= 15 is 0 Å². The zero-order valence-electron chi connectivity index (χ0n) is 12.1. The van der Waals surface area contributed by atoms with Gasteiger partial charge in [0, 0.05) is 17.1 Å². The largest absolute Gasteiger partial charge is 0.256 e. The topological polar surface area (TPSA) is 12.9 Å². The van der Waals surface area contributed by atoms with Crippen LogP contribution in [0, 0.1) is 0 Å². The lowest BCUT2D eigenvalue weighted by Crippen LogP contribution is -2.18. The van der Waals surface area contributed by atoms with Gasteiger partial charge in [0.2, 0.25) is 0 Å². The fourth-order valence-corrected chi connectivity index (χ4v) is 4.69. The summed E-state index contributed by atoms with van der Waals surface area (Å²) in [5, 5.41) is 2.78. The third-order valence-electron chi connectivity index (χ3n) is 3.96. The van der Waals surface area contributed by atoms with Crippen molar-refractivity contribution >= 4 is 38.5 Å². The van der Waals surface area contributed by atoms with Gasteiger partial charge in [-0.2, -0.15) is 0 Å². The van der Waals surface area contributed by atoms with E-state index in [-0.39, 0.29) is 0 Å². The molecular formula is C17H18BrNSi. The summed E-state index contributed by atoms with van der Waals surface area (Å²) in [7, 11) is 0. The van der Waals surface area contributed by atoms with E-state index in [0.717, 1.165) is 11.9 Å². The SMILES string of the molecule is CC1=C(c2cccc3cccnc23)CC([Si](C)(C)Br)=C1. The lowest BCUT2D eigenvalue weighted by molar-refractivity contribution is 1.34. The maximum absolute atomic E-state index is 4.59. The summed E-state index contributed by atoms with van der Waals surface area (Å²) in [6.07, 6.45) is 5.32. The van der Waals surface area contributed by atoms with Crippen molar-refractivity contribution in [2.45, 2.75) is 26.4 Å². The van der Waals surface area contributed by atoms with Gasteiger partial charge in [0.25, 0.3) is 0 Å². The first-order chi connectivity index (χ1) is 9.47. The van der Waals surface area contributed by atoms with Crippen LogP contribution >= 0.6 is 15.3 Å². The Balaban J connectivity index is 2.09. The van der Waals surface area contributed by atoms with E-state index in [4.69, 9.17) is 0 Å². The normalized spacial score (nSPS) is 15.9. The van der Waals surface area contributed by atoms with Gasteiger partial charge in [0.1, 0.15) is 0 Å². The Morgan fingerprint density at radius 1 is 1.15 bits per heavy atom. The van der Waals surface area contributed by atoms with Gasteiger partial charge in [0.15, 0.2) is 6.69 Å². The molecule has 0 saturated carbocycles. The molecule has 0 unspecified atom stereocenters. The maximum Gasteiger partial charge on any atom is 0.150 e. The minimum atomic E-state index is -1.40. The molecule has 2 aromatic rings. The molecule has 1 nitrogen and oxygen atoms in total. The molecule has 1 aliphatic carbocycles. The number of para-hydroxylation sites is 1. The van der Waals surface area contributed by atoms with E-state index in [0.29, 0.717) is 0 Å². The second kappa shape index (κ2) is 4.97. The lowest BCUT2D eigenvalue weighted by Gasteiger charge is -2.16. The predicted molar refractivity (Wildman–Crippen MR) is 93.4 cm³/mol. The van der Waals surface area contributed by atoms with Crippen molar-refractivity contribution in [2.24, 2.45) is 0 Å². The van der Waals surface area contributed by atoms with Gasteiger partial charge in [-0.25, -0.2) is 0 Å². The first-order valence-electron chi connectivity index (χ1n) is 6.90. The van der Waals surface area contributed by atoms with Gasteiger partial charge in [-0.05, 0) is 30.6 Å². The maximum atomic E-state index is 4.59. The molecule has 0 radical (unpaired) electrons. The molecule has 0 bridgehead atoms. The number of fused-ring (bicyclic) bond motifs is 1. The lowest BCUT2D eigenvalue weighted by atomic mass is 9.99. The number of benzene rings is 1. The summed E-state index contributed by atoms with van der Waals surface area (Å²) in [5.41, 5.74) is 5.23. The summed E-state index contributed by atoms with van der Waals surface area (Å²) in [6.45, 7) is 5.51. The molecule has 0 amide bonds. The van der Waals surface area contributed by atoms with Crippen molar-refractivity contribution in [3.8, 4) is 0 Å². The Hall–Kier alpha value is -1.19. The minimum absolute atomic E-state index is 1.06. The average molecular weight is 344 g/mol. The molecule has 1 heterocycles. The number of allylic oxidation sites excluding steroid dienone is 4. The quantitative estimate of drug-likeness (QED) is 0.519. The number of rotatable bonds is 2. The molecule has 3 rings (SSSR count). The molecule has 0 fully saturated rings. The average Bonchev–Trinajstić information content (AvgIpc) is 2.80. The molecule has 0 N–H and O–H groups in total. The fourth-order valence-electron chi connectivity index (χ4n) is 2.77. The second-order valence-corrected chi connectivity index (χ2v) is 15.4. The molecule has 1 aliphatic rings. The number of nitrogens with zero attached hydrogens (tertiary/aromatic N) is 1. The van der Waals surface area contributed by atoms with Gasteiger partial charge in [0.05, 0.1) is 5.52 Å². The Bertz CT molecular complexity index is 733. The Kier molecular flexibility index (Phi) is 3.42. The summed E-state index contributed by atoms with van der Waals surface area (Å²) >= 11 is 3.91. The third-order valence-corrected chi connectivity index (χ3v) is 7.33. The zero-order chi connectivity index (χ0) is 14.3. The molecule has 0 spiro atoms. The highest BCUT2D eigenvalue weighted by molar-refractivity contribution is 9.26. The van der Waals surface area contributed by atoms with E-state index in [9.17, 15) is 0 Å². The van der Waals surface area contributed by atoms with Crippen LogP contribution in [-0.4, -0.2) is 11.7 Å². The smallest absolute Gasteiger partial charge is 0.150 e. The number of halogens is 1. The standard InChI is InChI=1S/C17H18BrNSi/c1-12-10-14(20(2,3)18)11-16(12)15-8-4-6-13-7-5-9-19-17(13)15/h4-10H,11H2,1-3H3. The molecule has 0 atom stereocenters. The van der Waals surface area contributed by atoms with E-state index in [1.54, 1.807) is 5.20 Å². The molecule has 0 saturated heterocycles. The Morgan fingerprint density at radius 2 is 1.90 bits per heavy atom. The minimum Gasteiger partial charge on any atom is -0.256 e. The van der Waals surface area contributed by atoms with Gasteiger partial charge in [-0.1, -0.05) is 48.6 Å². The van der Waals surface area contributed by atoms with Crippen LogP contribution in [-0.2, 0) is 0 Å². The van der Waals surface area contributed by atoms with Crippen LogP contribution in [0.3, 0.4) is 0 Å². The van der Waals surface area contributed by atoms with Crippen LogP contribution in [0.1, 0.15) is 18.9 Å². The predicted octanol–water partition coefficient (Wildman–Crippen LogP) is 5.48. The monoisotopic (exact) mass is 343 g/mol. The molecule has 3 heteroatoms. The van der Waals surface area contributed by atoms with Crippen LogP contribution in [0.2, 0.25) is 13.1 Å². The molecule has 20 heavy (non-hydrogen) atoms. The van der Waals surface area contributed by atoms with Gasteiger partial charge < -0.3 is 0 Å². The Labute approximate surface area is 129 Å². The highest BCUT2D eigenvalue weighted by atomic mass is 79.9. The number of aromatic nitrogens is 1. The molecular weight excluding hydrogens is 326 g/mol. The van der Waals surface area contributed by atoms with Crippen molar-refractivity contribution in [3.63, 3.8) is 0 Å². The van der Waals surface area contributed by atoms with Gasteiger partial charge in [-0.15, -0.1) is 15.3 Å². The number of hydrogen-bond donors (Lipinski definition) is 0. The van der Waals surface area contributed by atoms with Crippen molar-refractivity contribution in [3.05, 3.63) is 58.9 Å². The molecule has 1 aromatic heterocycles. The summed E-state index contributed by atoms with van der Waals surface area (Å²) in [4.78, 5) is 4.59. The Morgan fingerprint density at radius 3 is 2.60 bits per heavy atom. The van der Waals surface area contributed by atoms with E-state index in [1.165, 1.54) is 22.1 Å². The third kappa shape index (κ3) is 2.40. The van der Waals surface area contributed by atoms with Crippen LogP contribution in [0.5, 0.6) is 0 Å². The van der Waals surface area contributed by atoms with Crippen molar-refractivity contribution < 1.29 is 0 Å². The summed E-state index contributed by atoms with van der Waals surface area (Å²) in [5.74, 6) is 0. The second-order valence-electron chi connectivity index (χ2n) is 5.86. The van der Waals surface area contributed by atoms with Crippen LogP contribution < -0.4 is 0 Å². The van der Waals surface area contributed by atoms with Gasteiger partial charge >= 0.3 is 0 Å². The first-order valence-corrected chi connectivity index (χ1v) is 12.2. The van der Waals surface area contributed by atoms with Crippen molar-refractivity contribution in [1.29, 1.82) is 0 Å². The van der Waals surface area contributed by atoms with Crippen molar-refractivity contribution in [1.82, 2.24) is 4.98 Å². The first kappa shape index (κ1) is 13.8. The van der Waals surface area contributed by atoms with Crippen molar-refractivity contribution in [2.75, 3.05) is 0 Å². The van der Waals surface area contributed by atoms with Crippen LogP contribution in [0.15, 0.2) is 53.4 Å². The van der Waals surface area contributed by atoms with Crippen LogP contribution in [0.25, 0.3) is 16.5 Å². The molecule has 1 aromatic carbocycles. The highest BCUT2D eigenvalue weighted by Crippen LogP contribution is 2.40. The van der Waals surface area contributed by atoms with Crippen LogP contribution in [0.4, 0.5) is 0 Å². The fraction of sp³-hybridized carbons (Fsp3) is 0.235. The highest BCUT2D eigenvalue weighted by Gasteiger charge is 2.28. The zero-order valence-corrected chi connectivity index (χ0v) is 14.7. The van der Waals surface area contributed by atoms with E-state index < -0.39 is 6.69 Å². The molecule has 102 valence electrons. The number of pyridine rings is 1. The summed E-state index contributed by atoms with van der Waals surface area (Å²) < 4.78 is 0.